The van der Waals surface area contributed by atoms with Gasteiger partial charge in [0.1, 0.15) is 5.82 Å². The van der Waals surface area contributed by atoms with E-state index in [2.05, 4.69) is 0 Å². The van der Waals surface area contributed by atoms with Gasteiger partial charge in [-0.05, 0) is 17.7 Å². The van der Waals surface area contributed by atoms with Crippen molar-refractivity contribution in [1.82, 2.24) is 0 Å². The van der Waals surface area contributed by atoms with Gasteiger partial charge in [-0.1, -0.05) is 0 Å². The molecule has 72 valence electrons. The van der Waals surface area contributed by atoms with Crippen molar-refractivity contribution in [3.63, 3.8) is 0 Å². The summed E-state index contributed by atoms with van der Waals surface area (Å²) >= 11 is 1.20. The summed E-state index contributed by atoms with van der Waals surface area (Å²) in [4.78, 5) is 10.6. The van der Waals surface area contributed by atoms with Gasteiger partial charge in [0, 0.05) is 16.3 Å². The van der Waals surface area contributed by atoms with E-state index in [1.54, 1.807) is 11.4 Å². The predicted octanol–water partition coefficient (Wildman–Crippen LogP) is 2.35. The Morgan fingerprint density at radius 3 is 2.93 bits per heavy atom. The Bertz CT molecular complexity index is 490. The highest BCUT2D eigenvalue weighted by Gasteiger charge is 2.09. The Kier molecular flexibility index (Phi) is 2.31. The van der Waals surface area contributed by atoms with Gasteiger partial charge < -0.3 is 5.11 Å². The smallest absolute Gasteiger partial charge is 0.151 e. The van der Waals surface area contributed by atoms with Crippen LogP contribution in [0, 0.1) is 5.82 Å². The first-order chi connectivity index (χ1) is 6.76. The fourth-order valence-corrected chi connectivity index (χ4v) is 2.25. The number of halogens is 1. The molecule has 2 nitrogen and oxygen atoms in total. The topological polar surface area (TPSA) is 37.3 Å². The van der Waals surface area contributed by atoms with Crippen LogP contribution in [-0.4, -0.2) is 11.4 Å². The van der Waals surface area contributed by atoms with Crippen LogP contribution in [0.25, 0.3) is 10.1 Å². The fourth-order valence-electron chi connectivity index (χ4n) is 1.35. The first-order valence-corrected chi connectivity index (χ1v) is 4.90. The average Bonchev–Trinajstić information content (AvgIpc) is 2.61. The molecule has 4 heteroatoms. The van der Waals surface area contributed by atoms with Crippen LogP contribution in [0.3, 0.4) is 0 Å². The summed E-state index contributed by atoms with van der Waals surface area (Å²) in [6, 6.07) is 2.92. The zero-order valence-electron chi connectivity index (χ0n) is 7.16. The summed E-state index contributed by atoms with van der Waals surface area (Å²) in [5.41, 5.74) is 0.954. The highest BCUT2D eigenvalue weighted by atomic mass is 32.1. The Labute approximate surface area is 83.6 Å². The van der Waals surface area contributed by atoms with Crippen molar-refractivity contribution < 1.29 is 14.3 Å². The quantitative estimate of drug-likeness (QED) is 0.772. The molecule has 1 N–H and O–H groups in total. The maximum atomic E-state index is 13.4. The number of thiophene rings is 1. The van der Waals surface area contributed by atoms with Crippen molar-refractivity contribution in [3.8, 4) is 0 Å². The Morgan fingerprint density at radius 1 is 1.50 bits per heavy atom. The summed E-state index contributed by atoms with van der Waals surface area (Å²) < 4.78 is 13.8. The molecule has 0 saturated heterocycles. The normalized spacial score (nSPS) is 10.7. The van der Waals surface area contributed by atoms with Crippen molar-refractivity contribution >= 4 is 27.7 Å². The van der Waals surface area contributed by atoms with Gasteiger partial charge in [-0.3, -0.25) is 4.79 Å². The van der Waals surface area contributed by atoms with Crippen LogP contribution >= 0.6 is 11.3 Å². The number of carbonyl (C=O) groups is 1. The van der Waals surface area contributed by atoms with Crippen molar-refractivity contribution in [2.45, 2.75) is 6.61 Å². The minimum Gasteiger partial charge on any atom is -0.392 e. The fraction of sp³-hybridized carbons (Fsp3) is 0.100. The van der Waals surface area contributed by atoms with Crippen molar-refractivity contribution in [2.75, 3.05) is 0 Å². The van der Waals surface area contributed by atoms with Gasteiger partial charge in [-0.15, -0.1) is 11.3 Å². The molecule has 2 rings (SSSR count). The van der Waals surface area contributed by atoms with E-state index in [0.717, 1.165) is 0 Å². The number of aldehydes is 1. The van der Waals surface area contributed by atoms with E-state index in [9.17, 15) is 9.18 Å². The molecule has 1 aromatic carbocycles. The van der Waals surface area contributed by atoms with Crippen molar-refractivity contribution in [2.24, 2.45) is 0 Å². The first kappa shape index (κ1) is 9.30. The monoisotopic (exact) mass is 210 g/mol. The first-order valence-electron chi connectivity index (χ1n) is 4.02. The third-order valence-corrected chi connectivity index (χ3v) is 3.05. The zero-order valence-corrected chi connectivity index (χ0v) is 7.97. The Hall–Kier alpha value is -1.26. The SMILES string of the molecule is O=Cc1csc2c(F)cc(CO)cc12. The molecule has 14 heavy (non-hydrogen) atoms. The van der Waals surface area contributed by atoms with Gasteiger partial charge in [0.05, 0.1) is 11.3 Å². The van der Waals surface area contributed by atoms with E-state index < -0.39 is 0 Å². The number of hydrogen-bond donors (Lipinski definition) is 1. The van der Waals surface area contributed by atoms with E-state index in [-0.39, 0.29) is 12.4 Å². The van der Waals surface area contributed by atoms with Gasteiger partial charge in [-0.2, -0.15) is 0 Å². The van der Waals surface area contributed by atoms with Gasteiger partial charge in [0.25, 0.3) is 0 Å². The molecule has 0 bridgehead atoms. The number of carbonyl (C=O) groups excluding carboxylic acids is 1. The lowest BCUT2D eigenvalue weighted by atomic mass is 10.1. The van der Waals surface area contributed by atoms with Gasteiger partial charge in [-0.25, -0.2) is 4.39 Å². The summed E-state index contributed by atoms with van der Waals surface area (Å²) in [6.07, 6.45) is 0.694. The maximum Gasteiger partial charge on any atom is 0.151 e. The average molecular weight is 210 g/mol. The predicted molar refractivity (Wildman–Crippen MR) is 53.1 cm³/mol. The number of fused-ring (bicyclic) bond motifs is 1. The van der Waals surface area contributed by atoms with Gasteiger partial charge in [0.2, 0.25) is 0 Å². The Morgan fingerprint density at radius 2 is 2.29 bits per heavy atom. The van der Waals surface area contributed by atoms with Crippen LogP contribution in [0.1, 0.15) is 15.9 Å². The molecule has 2 aromatic rings. The molecule has 0 spiro atoms. The van der Waals surface area contributed by atoms with Crippen LogP contribution in [0.5, 0.6) is 0 Å². The standard InChI is InChI=1S/C10H7FO2S/c11-9-2-6(3-12)1-8-7(4-13)5-14-10(8)9/h1-2,4-5,12H,3H2. The molecule has 0 aliphatic carbocycles. The summed E-state index contributed by atoms with van der Waals surface area (Å²) in [5, 5.41) is 11.1. The minimum atomic E-state index is -0.385. The van der Waals surface area contributed by atoms with E-state index in [1.165, 1.54) is 17.4 Å². The van der Waals surface area contributed by atoms with Crippen LogP contribution in [0.4, 0.5) is 4.39 Å². The summed E-state index contributed by atoms with van der Waals surface area (Å²) in [6.45, 7) is -0.221. The minimum absolute atomic E-state index is 0.221. The molecule has 0 radical (unpaired) electrons. The van der Waals surface area contributed by atoms with Crippen LogP contribution < -0.4 is 0 Å². The van der Waals surface area contributed by atoms with E-state index >= 15 is 0 Å². The molecule has 0 aliphatic heterocycles. The number of aliphatic hydroxyl groups excluding tert-OH is 1. The lowest BCUT2D eigenvalue weighted by Crippen LogP contribution is -1.86. The number of rotatable bonds is 2. The second-order valence-corrected chi connectivity index (χ2v) is 3.80. The summed E-state index contributed by atoms with van der Waals surface area (Å²) in [5.74, 6) is -0.385. The third kappa shape index (κ3) is 1.32. The molecule has 0 unspecified atom stereocenters. The maximum absolute atomic E-state index is 13.4. The van der Waals surface area contributed by atoms with Gasteiger partial charge >= 0.3 is 0 Å². The molecule has 0 atom stereocenters. The number of aliphatic hydroxyl groups is 1. The number of benzene rings is 1. The van der Waals surface area contributed by atoms with Crippen LogP contribution in [0.15, 0.2) is 17.5 Å². The largest absolute Gasteiger partial charge is 0.392 e. The van der Waals surface area contributed by atoms with E-state index in [0.29, 0.717) is 27.5 Å². The zero-order chi connectivity index (χ0) is 10.1. The lowest BCUT2D eigenvalue weighted by molar-refractivity contribution is 0.112. The molecule has 0 fully saturated rings. The highest BCUT2D eigenvalue weighted by molar-refractivity contribution is 7.17. The highest BCUT2D eigenvalue weighted by Crippen LogP contribution is 2.28. The second-order valence-electron chi connectivity index (χ2n) is 2.92. The summed E-state index contributed by atoms with van der Waals surface area (Å²) in [7, 11) is 0. The lowest BCUT2D eigenvalue weighted by Gasteiger charge is -1.98. The third-order valence-electron chi connectivity index (χ3n) is 2.03. The molecular formula is C10H7FO2S. The van der Waals surface area contributed by atoms with E-state index in [1.807, 2.05) is 0 Å². The molecule has 1 heterocycles. The molecule has 0 amide bonds. The molecule has 0 saturated carbocycles. The van der Waals surface area contributed by atoms with Gasteiger partial charge in [0.15, 0.2) is 6.29 Å². The molecular weight excluding hydrogens is 203 g/mol. The Balaban J connectivity index is 2.79. The van der Waals surface area contributed by atoms with Crippen LogP contribution in [-0.2, 0) is 6.61 Å². The van der Waals surface area contributed by atoms with Crippen molar-refractivity contribution in [1.29, 1.82) is 0 Å². The van der Waals surface area contributed by atoms with Crippen molar-refractivity contribution in [3.05, 3.63) is 34.5 Å². The molecule has 1 aromatic heterocycles. The van der Waals surface area contributed by atoms with Crippen LogP contribution in [0.2, 0.25) is 0 Å². The molecule has 0 aliphatic rings. The van der Waals surface area contributed by atoms with E-state index in [4.69, 9.17) is 5.11 Å². The number of hydrogen-bond acceptors (Lipinski definition) is 3. The second kappa shape index (κ2) is 3.48.